The third-order valence-electron chi connectivity index (χ3n) is 7.66. The van der Waals surface area contributed by atoms with E-state index in [4.69, 9.17) is 4.74 Å². The average molecular weight is 306 g/mol. The molecule has 0 aromatic heterocycles. The second-order valence-electron chi connectivity index (χ2n) is 9.58. The molecule has 2 aliphatic carbocycles. The van der Waals surface area contributed by atoms with Crippen LogP contribution in [0.25, 0.3) is 0 Å². The molecule has 2 saturated carbocycles. The van der Waals surface area contributed by atoms with Crippen molar-refractivity contribution in [1.82, 2.24) is 0 Å². The molecule has 2 heteroatoms. The Kier molecular flexibility index (Phi) is 3.63. The van der Waals surface area contributed by atoms with Crippen LogP contribution < -0.4 is 0 Å². The summed E-state index contributed by atoms with van der Waals surface area (Å²) in [4.78, 5) is 0. The first-order valence-electron chi connectivity index (χ1n) is 9.09. The van der Waals surface area contributed by atoms with E-state index in [-0.39, 0.29) is 11.7 Å². The highest BCUT2D eigenvalue weighted by atomic mass is 16.5. The minimum atomic E-state index is -0.920. The van der Waals surface area contributed by atoms with Crippen molar-refractivity contribution in [1.29, 1.82) is 0 Å². The van der Waals surface area contributed by atoms with E-state index >= 15 is 0 Å². The summed E-state index contributed by atoms with van der Waals surface area (Å²) in [5, 5.41) is 10.6. The van der Waals surface area contributed by atoms with Gasteiger partial charge in [-0.25, -0.2) is 0 Å². The minimum Gasteiger partial charge on any atom is -0.383 e. The van der Waals surface area contributed by atoms with Crippen LogP contribution in [0.15, 0.2) is 12.7 Å². The molecule has 0 aromatic rings. The van der Waals surface area contributed by atoms with Gasteiger partial charge in [0, 0.05) is 0 Å². The molecular weight excluding hydrogens is 272 g/mol. The molecule has 0 amide bonds. The quantitative estimate of drug-likeness (QED) is 0.748. The van der Waals surface area contributed by atoms with Gasteiger partial charge in [0.15, 0.2) is 0 Å². The van der Waals surface area contributed by atoms with Crippen molar-refractivity contribution < 1.29 is 9.84 Å². The highest BCUT2D eigenvalue weighted by molar-refractivity contribution is 5.14. The van der Waals surface area contributed by atoms with Crippen LogP contribution in [-0.2, 0) is 4.74 Å². The van der Waals surface area contributed by atoms with E-state index in [2.05, 4.69) is 34.3 Å². The summed E-state index contributed by atoms with van der Waals surface area (Å²) in [7, 11) is 0. The number of aliphatic hydroxyl groups is 1. The molecule has 0 bridgehead atoms. The monoisotopic (exact) mass is 306 g/mol. The summed E-state index contributed by atoms with van der Waals surface area (Å²) in [5.74, 6) is 1.33. The zero-order valence-corrected chi connectivity index (χ0v) is 15.1. The average Bonchev–Trinajstić information content (AvgIpc) is 2.78. The van der Waals surface area contributed by atoms with E-state index in [0.717, 1.165) is 18.8 Å². The Morgan fingerprint density at radius 3 is 2.45 bits per heavy atom. The van der Waals surface area contributed by atoms with Crippen LogP contribution >= 0.6 is 0 Å². The Balaban J connectivity index is 1.94. The Hall–Kier alpha value is -0.340. The third-order valence-corrected chi connectivity index (χ3v) is 7.66. The van der Waals surface area contributed by atoms with Crippen molar-refractivity contribution in [3.05, 3.63) is 12.7 Å². The molecule has 1 N–H and O–H groups in total. The summed E-state index contributed by atoms with van der Waals surface area (Å²) >= 11 is 0. The number of hydrogen-bond acceptors (Lipinski definition) is 2. The maximum atomic E-state index is 10.6. The van der Waals surface area contributed by atoms with E-state index in [1.807, 2.05) is 6.92 Å². The van der Waals surface area contributed by atoms with E-state index < -0.39 is 5.60 Å². The largest absolute Gasteiger partial charge is 0.383 e. The van der Waals surface area contributed by atoms with Crippen LogP contribution in [0.5, 0.6) is 0 Å². The van der Waals surface area contributed by atoms with Gasteiger partial charge >= 0.3 is 0 Å². The molecule has 3 rings (SSSR count). The van der Waals surface area contributed by atoms with Gasteiger partial charge < -0.3 is 9.84 Å². The van der Waals surface area contributed by atoms with Crippen LogP contribution in [-0.4, -0.2) is 22.4 Å². The van der Waals surface area contributed by atoms with E-state index in [0.29, 0.717) is 16.7 Å². The Bertz CT molecular complexity index is 466. The fraction of sp³-hybridized carbons (Fsp3) is 0.900. The molecular formula is C20H34O2. The van der Waals surface area contributed by atoms with Crippen molar-refractivity contribution in [3.63, 3.8) is 0 Å². The number of ether oxygens (including phenoxy) is 1. The first-order chi connectivity index (χ1) is 10.1. The molecule has 3 fully saturated rings. The molecule has 6 atom stereocenters. The SMILES string of the molecule is C=C[C@@](C)(O)[C@H]1C[C@H]2[C@@](C)(CCC3C(C)(C)CCC[C@@]32C)O1. The first-order valence-corrected chi connectivity index (χ1v) is 9.09. The minimum absolute atomic E-state index is 0.0731. The van der Waals surface area contributed by atoms with Gasteiger partial charge in [0.25, 0.3) is 0 Å². The first kappa shape index (κ1) is 16.5. The molecule has 0 aromatic carbocycles. The van der Waals surface area contributed by atoms with Crippen LogP contribution in [0.3, 0.4) is 0 Å². The second kappa shape index (κ2) is 4.83. The van der Waals surface area contributed by atoms with Gasteiger partial charge in [0.2, 0.25) is 0 Å². The van der Waals surface area contributed by atoms with Gasteiger partial charge in [0.05, 0.1) is 11.7 Å². The van der Waals surface area contributed by atoms with E-state index in [1.54, 1.807) is 6.08 Å². The van der Waals surface area contributed by atoms with Gasteiger partial charge in [0.1, 0.15) is 5.60 Å². The molecule has 3 aliphatic rings. The topological polar surface area (TPSA) is 29.5 Å². The lowest BCUT2D eigenvalue weighted by atomic mass is 9.45. The van der Waals surface area contributed by atoms with Crippen molar-refractivity contribution in [2.24, 2.45) is 22.7 Å². The summed E-state index contributed by atoms with van der Waals surface area (Å²) in [6.45, 7) is 15.4. The molecule has 2 nitrogen and oxygen atoms in total. The van der Waals surface area contributed by atoms with Gasteiger partial charge in [-0.05, 0) is 68.6 Å². The lowest BCUT2D eigenvalue weighted by Crippen LogP contribution is -2.55. The normalized spacial score (nSPS) is 49.8. The highest BCUT2D eigenvalue weighted by Crippen LogP contribution is 2.66. The second-order valence-corrected chi connectivity index (χ2v) is 9.58. The number of fused-ring (bicyclic) bond motifs is 3. The van der Waals surface area contributed by atoms with Gasteiger partial charge in [-0.1, -0.05) is 33.3 Å². The van der Waals surface area contributed by atoms with Gasteiger partial charge in [-0.15, -0.1) is 6.58 Å². The smallest absolute Gasteiger partial charge is 0.106 e. The third kappa shape index (κ3) is 2.21. The van der Waals surface area contributed by atoms with Crippen molar-refractivity contribution in [2.75, 3.05) is 0 Å². The fourth-order valence-corrected chi connectivity index (χ4v) is 6.34. The molecule has 0 radical (unpaired) electrons. The van der Waals surface area contributed by atoms with Crippen LogP contribution in [0.2, 0.25) is 0 Å². The van der Waals surface area contributed by atoms with Crippen LogP contribution in [0.4, 0.5) is 0 Å². The van der Waals surface area contributed by atoms with E-state index in [1.165, 1.54) is 25.7 Å². The zero-order valence-electron chi connectivity index (χ0n) is 15.1. The summed E-state index contributed by atoms with van der Waals surface area (Å²) in [6.07, 6.45) is 8.90. The van der Waals surface area contributed by atoms with Crippen molar-refractivity contribution in [2.45, 2.75) is 90.4 Å². The molecule has 126 valence electrons. The van der Waals surface area contributed by atoms with Gasteiger partial charge in [-0.2, -0.15) is 0 Å². The zero-order chi connectivity index (χ0) is 16.4. The lowest BCUT2D eigenvalue weighted by molar-refractivity contribution is -0.168. The maximum absolute atomic E-state index is 10.6. The molecule has 1 heterocycles. The molecule has 1 aliphatic heterocycles. The number of hydrogen-bond donors (Lipinski definition) is 1. The van der Waals surface area contributed by atoms with Crippen molar-refractivity contribution >= 4 is 0 Å². The lowest BCUT2D eigenvalue weighted by Gasteiger charge is -2.60. The molecule has 22 heavy (non-hydrogen) atoms. The Labute approximate surface area is 136 Å². The standard InChI is InChI=1S/C20H34O2/c1-7-19(5,21)16-13-15-18(4)11-8-10-17(2,3)14(18)9-12-20(15,6)22-16/h7,14-16,21H,1,8-13H2,2-6H3/t14?,15-,16-,18+,19-,20-/m1/s1. The number of rotatable bonds is 2. The molecule has 1 unspecified atom stereocenters. The predicted molar refractivity (Wildman–Crippen MR) is 90.7 cm³/mol. The fourth-order valence-electron chi connectivity index (χ4n) is 6.34. The molecule has 0 spiro atoms. The maximum Gasteiger partial charge on any atom is 0.106 e. The van der Waals surface area contributed by atoms with E-state index in [9.17, 15) is 5.11 Å². The summed E-state index contributed by atoms with van der Waals surface area (Å²) in [5.41, 5.74) is -0.207. The predicted octanol–water partition coefficient (Wildman–Crippen LogP) is 4.71. The van der Waals surface area contributed by atoms with Gasteiger partial charge in [-0.3, -0.25) is 0 Å². The summed E-state index contributed by atoms with van der Waals surface area (Å²) in [6, 6.07) is 0. The molecule has 1 saturated heterocycles. The van der Waals surface area contributed by atoms with Crippen LogP contribution in [0, 0.1) is 22.7 Å². The highest BCUT2D eigenvalue weighted by Gasteiger charge is 2.63. The van der Waals surface area contributed by atoms with Crippen molar-refractivity contribution in [3.8, 4) is 0 Å². The Morgan fingerprint density at radius 1 is 1.14 bits per heavy atom. The summed E-state index contributed by atoms with van der Waals surface area (Å²) < 4.78 is 6.47. The van der Waals surface area contributed by atoms with Crippen LogP contribution in [0.1, 0.15) is 73.1 Å². The Morgan fingerprint density at radius 2 is 1.82 bits per heavy atom.